The minimum absolute atomic E-state index is 0.0812. The van der Waals surface area contributed by atoms with Crippen molar-refractivity contribution in [3.63, 3.8) is 0 Å². The topological polar surface area (TPSA) is 56.7 Å². The summed E-state index contributed by atoms with van der Waals surface area (Å²) < 4.78 is 0. The molecule has 1 amide bonds. The number of thioether (sulfide) groups is 1. The highest BCUT2D eigenvalue weighted by Crippen LogP contribution is 2.26. The van der Waals surface area contributed by atoms with Gasteiger partial charge in [0.05, 0.1) is 0 Å². The molecule has 1 atom stereocenters. The summed E-state index contributed by atoms with van der Waals surface area (Å²) in [5, 5.41) is 6.61. The van der Waals surface area contributed by atoms with Crippen LogP contribution >= 0.6 is 11.8 Å². The first kappa shape index (κ1) is 12.7. The molecule has 2 rings (SSSR count). The van der Waals surface area contributed by atoms with Crippen LogP contribution in [0.15, 0.2) is 5.10 Å². The van der Waals surface area contributed by atoms with E-state index in [0.717, 1.165) is 13.1 Å². The van der Waals surface area contributed by atoms with Crippen LogP contribution in [-0.4, -0.2) is 41.0 Å². The van der Waals surface area contributed by atoms with Gasteiger partial charge in [-0.05, 0) is 26.0 Å². The van der Waals surface area contributed by atoms with Gasteiger partial charge in [-0.15, -0.1) is 0 Å². The number of likely N-dealkylation sites (tertiary alicyclic amines) is 1. The fraction of sp³-hybridized carbons (Fsp3) is 0.818. The molecule has 17 heavy (non-hydrogen) atoms. The van der Waals surface area contributed by atoms with E-state index < -0.39 is 5.12 Å². The van der Waals surface area contributed by atoms with Crippen LogP contribution in [0.1, 0.15) is 32.6 Å². The van der Waals surface area contributed by atoms with Gasteiger partial charge in [-0.25, -0.2) is 0 Å². The number of hydrazone groups is 1. The molecule has 2 aliphatic heterocycles. The van der Waals surface area contributed by atoms with E-state index in [-0.39, 0.29) is 5.91 Å². The lowest BCUT2D eigenvalue weighted by atomic mass is 10.2. The van der Waals surface area contributed by atoms with Gasteiger partial charge >= 0.3 is 0 Å². The lowest BCUT2D eigenvalue weighted by Gasteiger charge is -2.43. The summed E-state index contributed by atoms with van der Waals surface area (Å²) in [5.74, 6) is -0.0812. The van der Waals surface area contributed by atoms with E-state index in [0.29, 0.717) is 5.71 Å². The fourth-order valence-electron chi connectivity index (χ4n) is 2.24. The summed E-state index contributed by atoms with van der Waals surface area (Å²) >= 11 is 1.59. The van der Waals surface area contributed by atoms with Crippen molar-refractivity contribution in [3.8, 4) is 0 Å². The highest BCUT2D eigenvalue weighted by Gasteiger charge is 2.40. The van der Waals surface area contributed by atoms with Crippen LogP contribution in [0.2, 0.25) is 0 Å². The Balaban J connectivity index is 2.16. The lowest BCUT2D eigenvalue weighted by molar-refractivity contribution is -0.118. The molecule has 2 N–H and O–H groups in total. The molecule has 0 spiro atoms. The van der Waals surface area contributed by atoms with Crippen LogP contribution < -0.4 is 10.7 Å². The standard InChI is InChI=1S/C11H20N4OS/c1-9-10(16)12-11(17-2,14-13-9)15-7-5-3-4-6-8-15/h14H,3-8H2,1-2H3,(H,12,16)/t11-/m1/s1. The first-order valence-electron chi connectivity index (χ1n) is 6.12. The van der Waals surface area contributed by atoms with Crippen molar-refractivity contribution < 1.29 is 4.79 Å². The molecular weight excluding hydrogens is 236 g/mol. The molecule has 5 nitrogen and oxygen atoms in total. The van der Waals surface area contributed by atoms with Gasteiger partial charge < -0.3 is 5.32 Å². The van der Waals surface area contributed by atoms with Crippen molar-refractivity contribution in [1.29, 1.82) is 0 Å². The number of hydrogen-bond acceptors (Lipinski definition) is 5. The van der Waals surface area contributed by atoms with Crippen molar-refractivity contribution in [3.05, 3.63) is 0 Å². The van der Waals surface area contributed by atoms with Gasteiger partial charge in [0.2, 0.25) is 5.12 Å². The van der Waals surface area contributed by atoms with Crippen molar-refractivity contribution in [2.24, 2.45) is 5.10 Å². The van der Waals surface area contributed by atoms with E-state index in [1.54, 1.807) is 18.7 Å². The molecule has 0 saturated carbocycles. The van der Waals surface area contributed by atoms with E-state index in [1.165, 1.54) is 25.7 Å². The molecule has 6 heteroatoms. The Kier molecular flexibility index (Phi) is 3.93. The largest absolute Gasteiger partial charge is 0.306 e. The van der Waals surface area contributed by atoms with Crippen LogP contribution in [0.3, 0.4) is 0 Å². The van der Waals surface area contributed by atoms with Gasteiger partial charge in [-0.1, -0.05) is 24.6 Å². The molecule has 96 valence electrons. The second-order valence-corrected chi connectivity index (χ2v) is 5.51. The average molecular weight is 256 g/mol. The minimum atomic E-state index is -0.555. The average Bonchev–Trinajstić information content (AvgIpc) is 2.62. The van der Waals surface area contributed by atoms with E-state index in [9.17, 15) is 4.79 Å². The van der Waals surface area contributed by atoms with E-state index in [1.807, 2.05) is 6.26 Å². The number of nitrogens with zero attached hydrogens (tertiary/aromatic N) is 2. The molecule has 2 aliphatic rings. The smallest absolute Gasteiger partial charge is 0.270 e. The molecule has 0 radical (unpaired) electrons. The van der Waals surface area contributed by atoms with Gasteiger partial charge in [0.15, 0.2) is 0 Å². The van der Waals surface area contributed by atoms with Crippen molar-refractivity contribution in [2.75, 3.05) is 19.3 Å². The van der Waals surface area contributed by atoms with Gasteiger partial charge in [0.25, 0.3) is 5.91 Å². The molecule has 0 aromatic rings. The number of hydrogen-bond donors (Lipinski definition) is 2. The number of rotatable bonds is 2. The van der Waals surface area contributed by atoms with Crippen LogP contribution in [0.4, 0.5) is 0 Å². The summed E-state index contributed by atoms with van der Waals surface area (Å²) in [6, 6.07) is 0. The zero-order valence-electron chi connectivity index (χ0n) is 10.5. The Morgan fingerprint density at radius 2 is 1.94 bits per heavy atom. The summed E-state index contributed by atoms with van der Waals surface area (Å²) in [5.41, 5.74) is 3.60. The molecule has 1 saturated heterocycles. The highest BCUT2D eigenvalue weighted by atomic mass is 32.2. The summed E-state index contributed by atoms with van der Waals surface area (Å²) in [6.07, 6.45) is 6.91. The third kappa shape index (κ3) is 2.57. The molecule has 0 aromatic carbocycles. The van der Waals surface area contributed by atoms with E-state index in [4.69, 9.17) is 0 Å². The molecule has 2 heterocycles. The SMILES string of the molecule is CS[C@@]1(N2CCCCCC2)NN=C(C)C(=O)N1. The van der Waals surface area contributed by atoms with Crippen LogP contribution in [-0.2, 0) is 4.79 Å². The molecule has 0 aromatic heterocycles. The molecule has 0 unspecified atom stereocenters. The Morgan fingerprint density at radius 1 is 1.29 bits per heavy atom. The maximum Gasteiger partial charge on any atom is 0.270 e. The third-order valence-electron chi connectivity index (χ3n) is 3.33. The van der Waals surface area contributed by atoms with Gasteiger partial charge in [-0.3, -0.25) is 15.1 Å². The monoisotopic (exact) mass is 256 g/mol. The van der Waals surface area contributed by atoms with Gasteiger partial charge in [0, 0.05) is 13.1 Å². The second-order valence-electron chi connectivity index (χ2n) is 4.51. The molecule has 0 bridgehead atoms. The molecule has 0 aliphatic carbocycles. The van der Waals surface area contributed by atoms with Crippen molar-refractivity contribution in [2.45, 2.75) is 37.7 Å². The molecular formula is C11H20N4OS. The highest BCUT2D eigenvalue weighted by molar-refractivity contribution is 7.99. The number of carbonyl (C=O) groups excluding carboxylic acids is 1. The lowest BCUT2D eigenvalue weighted by Crippen LogP contribution is -2.68. The van der Waals surface area contributed by atoms with Crippen molar-refractivity contribution >= 4 is 23.4 Å². The normalized spacial score (nSPS) is 31.2. The predicted octanol–water partition coefficient (Wildman–Crippen LogP) is 0.932. The maximum atomic E-state index is 11.8. The first-order valence-corrected chi connectivity index (χ1v) is 7.34. The van der Waals surface area contributed by atoms with E-state index >= 15 is 0 Å². The zero-order chi connectivity index (χ0) is 12.3. The predicted molar refractivity (Wildman–Crippen MR) is 70.7 cm³/mol. The second kappa shape index (κ2) is 5.27. The summed E-state index contributed by atoms with van der Waals surface area (Å²) in [7, 11) is 0. The molecule has 1 fully saturated rings. The Labute approximate surface area is 106 Å². The maximum absolute atomic E-state index is 11.8. The first-order chi connectivity index (χ1) is 8.18. The number of carbonyl (C=O) groups is 1. The van der Waals surface area contributed by atoms with Crippen LogP contribution in [0, 0.1) is 0 Å². The van der Waals surface area contributed by atoms with Gasteiger partial charge in [0.1, 0.15) is 5.71 Å². The Hall–Kier alpha value is -0.750. The minimum Gasteiger partial charge on any atom is -0.306 e. The quantitative estimate of drug-likeness (QED) is 0.772. The summed E-state index contributed by atoms with van der Waals surface area (Å²) in [6.45, 7) is 3.72. The van der Waals surface area contributed by atoms with E-state index in [2.05, 4.69) is 20.7 Å². The van der Waals surface area contributed by atoms with Crippen LogP contribution in [0.25, 0.3) is 0 Å². The zero-order valence-corrected chi connectivity index (χ0v) is 11.3. The summed E-state index contributed by atoms with van der Waals surface area (Å²) in [4.78, 5) is 14.1. The Bertz CT molecular complexity index is 325. The van der Waals surface area contributed by atoms with Gasteiger partial charge in [-0.2, -0.15) is 5.10 Å². The third-order valence-corrected chi connectivity index (χ3v) is 4.38. The number of nitrogens with one attached hydrogen (secondary N) is 2. The number of amides is 1. The van der Waals surface area contributed by atoms with Crippen molar-refractivity contribution in [1.82, 2.24) is 15.6 Å². The fourth-order valence-corrected chi connectivity index (χ4v) is 3.02. The van der Waals surface area contributed by atoms with Crippen LogP contribution in [0.5, 0.6) is 0 Å². The Morgan fingerprint density at radius 3 is 2.47 bits per heavy atom.